The van der Waals surface area contributed by atoms with Gasteiger partial charge in [0.2, 0.25) is 0 Å². The van der Waals surface area contributed by atoms with Crippen molar-refractivity contribution in [3.63, 3.8) is 0 Å². The first-order valence-electron chi connectivity index (χ1n) is 5.53. The molecule has 16 heavy (non-hydrogen) atoms. The van der Waals surface area contributed by atoms with Gasteiger partial charge in [-0.2, -0.15) is 0 Å². The SMILES string of the molecule is Brc1cccc(Cc2nc3c(s2)CCC3)c1. The first kappa shape index (κ1) is 10.5. The molecule has 1 aromatic carbocycles. The van der Waals surface area contributed by atoms with E-state index in [9.17, 15) is 0 Å². The molecule has 0 aliphatic heterocycles. The van der Waals surface area contributed by atoms with Crippen LogP contribution in [0.15, 0.2) is 28.7 Å². The molecule has 3 heteroatoms. The van der Waals surface area contributed by atoms with Crippen LogP contribution in [0.4, 0.5) is 0 Å². The standard InChI is InChI=1S/C13H12BrNS/c14-10-4-1-3-9(7-10)8-13-15-11-5-2-6-12(11)16-13/h1,3-4,7H,2,5-6,8H2. The molecule has 1 aliphatic rings. The van der Waals surface area contributed by atoms with E-state index in [1.54, 1.807) is 0 Å². The highest BCUT2D eigenvalue weighted by molar-refractivity contribution is 9.10. The summed E-state index contributed by atoms with van der Waals surface area (Å²) in [6.45, 7) is 0. The second-order valence-corrected chi connectivity index (χ2v) is 6.22. The molecule has 1 nitrogen and oxygen atoms in total. The number of thiazole rings is 1. The van der Waals surface area contributed by atoms with Gasteiger partial charge in [0.15, 0.2) is 0 Å². The average Bonchev–Trinajstić information content (AvgIpc) is 2.77. The molecular weight excluding hydrogens is 282 g/mol. The highest BCUT2D eigenvalue weighted by Gasteiger charge is 2.16. The van der Waals surface area contributed by atoms with E-state index in [1.165, 1.54) is 40.4 Å². The van der Waals surface area contributed by atoms with Crippen LogP contribution < -0.4 is 0 Å². The van der Waals surface area contributed by atoms with Crippen LogP contribution in [0.2, 0.25) is 0 Å². The highest BCUT2D eigenvalue weighted by atomic mass is 79.9. The van der Waals surface area contributed by atoms with E-state index in [4.69, 9.17) is 4.98 Å². The Bertz CT molecular complexity index is 497. The number of nitrogens with zero attached hydrogens (tertiary/aromatic N) is 1. The molecule has 1 aliphatic carbocycles. The lowest BCUT2D eigenvalue weighted by molar-refractivity contribution is 0.893. The van der Waals surface area contributed by atoms with Crippen molar-refractivity contribution in [2.45, 2.75) is 25.7 Å². The molecule has 82 valence electrons. The molecule has 2 aromatic rings. The van der Waals surface area contributed by atoms with Crippen molar-refractivity contribution < 1.29 is 0 Å². The Balaban J connectivity index is 1.83. The lowest BCUT2D eigenvalue weighted by Gasteiger charge is -1.98. The van der Waals surface area contributed by atoms with Crippen molar-refractivity contribution in [3.8, 4) is 0 Å². The van der Waals surface area contributed by atoms with Crippen molar-refractivity contribution in [1.29, 1.82) is 0 Å². The van der Waals surface area contributed by atoms with Crippen LogP contribution in [0.3, 0.4) is 0 Å². The topological polar surface area (TPSA) is 12.9 Å². The monoisotopic (exact) mass is 293 g/mol. The van der Waals surface area contributed by atoms with E-state index in [0.717, 1.165) is 10.9 Å². The number of benzene rings is 1. The van der Waals surface area contributed by atoms with E-state index >= 15 is 0 Å². The van der Waals surface area contributed by atoms with Crippen LogP contribution in [-0.4, -0.2) is 4.98 Å². The maximum absolute atomic E-state index is 4.72. The Morgan fingerprint density at radius 1 is 1.31 bits per heavy atom. The third kappa shape index (κ3) is 2.06. The van der Waals surface area contributed by atoms with Crippen molar-refractivity contribution in [3.05, 3.63) is 49.9 Å². The largest absolute Gasteiger partial charge is 0.246 e. The zero-order valence-corrected chi connectivity index (χ0v) is 11.3. The smallest absolute Gasteiger partial charge is 0.0974 e. The van der Waals surface area contributed by atoms with Gasteiger partial charge in [0.1, 0.15) is 0 Å². The summed E-state index contributed by atoms with van der Waals surface area (Å²) in [5, 5.41) is 1.27. The van der Waals surface area contributed by atoms with E-state index in [-0.39, 0.29) is 0 Å². The molecule has 0 atom stereocenters. The summed E-state index contributed by atoms with van der Waals surface area (Å²) in [5.41, 5.74) is 2.69. The fraction of sp³-hybridized carbons (Fsp3) is 0.308. The molecule has 0 spiro atoms. The zero-order valence-electron chi connectivity index (χ0n) is 8.87. The summed E-state index contributed by atoms with van der Waals surface area (Å²) in [6, 6.07) is 8.48. The molecular formula is C13H12BrNS. The highest BCUT2D eigenvalue weighted by Crippen LogP contribution is 2.28. The van der Waals surface area contributed by atoms with Crippen LogP contribution in [0.1, 0.15) is 27.6 Å². The molecule has 1 aromatic heterocycles. The fourth-order valence-corrected chi connectivity index (χ4v) is 3.78. The third-order valence-corrected chi connectivity index (χ3v) is 4.53. The van der Waals surface area contributed by atoms with Gasteiger partial charge >= 0.3 is 0 Å². The molecule has 0 radical (unpaired) electrons. The average molecular weight is 294 g/mol. The number of aromatic nitrogens is 1. The molecule has 0 bridgehead atoms. The van der Waals surface area contributed by atoms with Gasteiger partial charge in [-0.1, -0.05) is 28.1 Å². The van der Waals surface area contributed by atoms with Gasteiger partial charge in [0.25, 0.3) is 0 Å². The van der Waals surface area contributed by atoms with Gasteiger partial charge in [-0.15, -0.1) is 11.3 Å². The van der Waals surface area contributed by atoms with Gasteiger partial charge in [0.05, 0.1) is 10.7 Å². The summed E-state index contributed by atoms with van der Waals surface area (Å²) in [4.78, 5) is 6.24. The first-order valence-corrected chi connectivity index (χ1v) is 7.14. The van der Waals surface area contributed by atoms with E-state index in [0.29, 0.717) is 0 Å². The van der Waals surface area contributed by atoms with Gasteiger partial charge in [-0.3, -0.25) is 0 Å². The molecule has 0 N–H and O–H groups in total. The maximum atomic E-state index is 4.72. The molecule has 0 saturated carbocycles. The third-order valence-electron chi connectivity index (χ3n) is 2.88. The number of hydrogen-bond donors (Lipinski definition) is 0. The Hall–Kier alpha value is -0.670. The zero-order chi connectivity index (χ0) is 11.0. The summed E-state index contributed by atoms with van der Waals surface area (Å²) in [5.74, 6) is 0. The van der Waals surface area contributed by atoms with Gasteiger partial charge in [-0.05, 0) is 37.0 Å². The van der Waals surface area contributed by atoms with Crippen molar-refractivity contribution >= 4 is 27.3 Å². The van der Waals surface area contributed by atoms with Crippen LogP contribution in [0.25, 0.3) is 0 Å². The van der Waals surface area contributed by atoms with E-state index < -0.39 is 0 Å². The molecule has 0 unspecified atom stereocenters. The second-order valence-electron chi connectivity index (χ2n) is 4.14. The molecule has 1 heterocycles. The van der Waals surface area contributed by atoms with Crippen LogP contribution in [0.5, 0.6) is 0 Å². The minimum atomic E-state index is 0.969. The van der Waals surface area contributed by atoms with Crippen molar-refractivity contribution in [2.24, 2.45) is 0 Å². The van der Waals surface area contributed by atoms with Gasteiger partial charge in [-0.25, -0.2) is 4.98 Å². The normalized spacial score (nSPS) is 14.1. The van der Waals surface area contributed by atoms with E-state index in [2.05, 4.69) is 40.2 Å². The lowest BCUT2D eigenvalue weighted by atomic mass is 10.2. The Kier molecular flexibility index (Phi) is 2.82. The van der Waals surface area contributed by atoms with E-state index in [1.807, 2.05) is 11.3 Å². The van der Waals surface area contributed by atoms with Crippen molar-refractivity contribution in [2.75, 3.05) is 0 Å². The summed E-state index contributed by atoms with van der Waals surface area (Å²) < 4.78 is 1.15. The Labute approximate surface area is 108 Å². The second kappa shape index (κ2) is 4.30. The number of fused-ring (bicyclic) bond motifs is 1. The number of hydrogen-bond acceptors (Lipinski definition) is 2. The molecule has 0 amide bonds. The molecule has 3 rings (SSSR count). The van der Waals surface area contributed by atoms with Gasteiger partial charge in [0, 0.05) is 15.8 Å². The van der Waals surface area contributed by atoms with Crippen molar-refractivity contribution in [1.82, 2.24) is 4.98 Å². The Morgan fingerprint density at radius 3 is 3.06 bits per heavy atom. The minimum Gasteiger partial charge on any atom is -0.246 e. The number of rotatable bonds is 2. The lowest BCUT2D eigenvalue weighted by Crippen LogP contribution is -1.88. The first-order chi connectivity index (χ1) is 7.81. The van der Waals surface area contributed by atoms with Crippen LogP contribution >= 0.6 is 27.3 Å². The van der Waals surface area contributed by atoms with Crippen LogP contribution in [-0.2, 0) is 19.3 Å². The maximum Gasteiger partial charge on any atom is 0.0974 e. The summed E-state index contributed by atoms with van der Waals surface area (Å²) >= 11 is 5.40. The Morgan fingerprint density at radius 2 is 2.25 bits per heavy atom. The summed E-state index contributed by atoms with van der Waals surface area (Å²) in [6.07, 6.45) is 4.69. The quantitative estimate of drug-likeness (QED) is 0.816. The van der Waals surface area contributed by atoms with Crippen LogP contribution in [0, 0.1) is 0 Å². The predicted octanol–water partition coefficient (Wildman–Crippen LogP) is 3.99. The minimum absolute atomic E-state index is 0.969. The number of halogens is 1. The fourth-order valence-electron chi connectivity index (χ4n) is 2.14. The van der Waals surface area contributed by atoms with Gasteiger partial charge < -0.3 is 0 Å². The number of aryl methyl sites for hydroxylation is 2. The molecule has 0 saturated heterocycles. The predicted molar refractivity (Wildman–Crippen MR) is 71.1 cm³/mol. The molecule has 0 fully saturated rings. The summed E-state index contributed by atoms with van der Waals surface area (Å²) in [7, 11) is 0.